The summed E-state index contributed by atoms with van der Waals surface area (Å²) in [5.74, 6) is 2.16. The Balaban J connectivity index is 2.46. The molecule has 1 aromatic rings. The molecular weight excluding hydrogens is 208 g/mol. The lowest BCUT2D eigenvalue weighted by Crippen LogP contribution is -1.95. The molecule has 0 amide bonds. The van der Waals surface area contributed by atoms with Gasteiger partial charge in [0.25, 0.3) is 0 Å². The number of hydrogen-bond donors (Lipinski definition) is 1. The van der Waals surface area contributed by atoms with Gasteiger partial charge in [0.15, 0.2) is 0 Å². The first-order valence-corrected chi connectivity index (χ1v) is 6.36. The second kappa shape index (κ2) is 6.20. The molecule has 0 bridgehead atoms. The molecule has 1 aromatic carbocycles. The van der Waals surface area contributed by atoms with Crippen LogP contribution in [-0.4, -0.2) is 11.0 Å². The summed E-state index contributed by atoms with van der Waals surface area (Å²) in [7, 11) is 0. The summed E-state index contributed by atoms with van der Waals surface area (Å²) >= 11 is 6.27. The molecule has 0 radical (unpaired) electrons. The zero-order valence-corrected chi connectivity index (χ0v) is 10.2. The lowest BCUT2D eigenvalue weighted by Gasteiger charge is -2.04. The summed E-state index contributed by atoms with van der Waals surface area (Å²) in [5.41, 5.74) is 2.56. The standard InChI is InChI=1S/C12H16S2/c1-3-11-5-4-6-12(7-11)9-14-8-10(2)13/h3-7,10,13H,1,8-9H2,2H3. The van der Waals surface area contributed by atoms with Gasteiger partial charge in [0.2, 0.25) is 0 Å². The van der Waals surface area contributed by atoms with Crippen LogP contribution in [0.4, 0.5) is 0 Å². The van der Waals surface area contributed by atoms with Crippen molar-refractivity contribution < 1.29 is 0 Å². The van der Waals surface area contributed by atoms with Crippen molar-refractivity contribution in [2.24, 2.45) is 0 Å². The van der Waals surface area contributed by atoms with Crippen LogP contribution >= 0.6 is 24.4 Å². The van der Waals surface area contributed by atoms with Gasteiger partial charge in [0, 0.05) is 16.8 Å². The molecule has 0 aliphatic heterocycles. The molecule has 0 nitrogen and oxygen atoms in total. The molecule has 76 valence electrons. The summed E-state index contributed by atoms with van der Waals surface area (Å²) in [5, 5.41) is 0.475. The van der Waals surface area contributed by atoms with Crippen molar-refractivity contribution in [2.45, 2.75) is 17.9 Å². The summed E-state index contributed by atoms with van der Waals surface area (Å²) in [6.45, 7) is 5.88. The van der Waals surface area contributed by atoms with Gasteiger partial charge in [0.05, 0.1) is 0 Å². The van der Waals surface area contributed by atoms with Crippen LogP contribution in [0.25, 0.3) is 6.08 Å². The molecule has 0 aliphatic rings. The molecule has 0 saturated carbocycles. The van der Waals surface area contributed by atoms with Gasteiger partial charge in [-0.2, -0.15) is 24.4 Å². The van der Waals surface area contributed by atoms with Crippen LogP contribution in [0.1, 0.15) is 18.1 Å². The lowest BCUT2D eigenvalue weighted by molar-refractivity contribution is 1.14. The van der Waals surface area contributed by atoms with Gasteiger partial charge in [-0.05, 0) is 11.1 Å². The fourth-order valence-corrected chi connectivity index (χ4v) is 2.35. The molecule has 0 aliphatic carbocycles. The first-order valence-electron chi connectivity index (χ1n) is 4.69. The molecule has 0 fully saturated rings. The average molecular weight is 224 g/mol. The third kappa shape index (κ3) is 4.25. The van der Waals surface area contributed by atoms with Gasteiger partial charge < -0.3 is 0 Å². The second-order valence-corrected chi connectivity index (χ2v) is 5.23. The summed E-state index contributed by atoms with van der Waals surface area (Å²) < 4.78 is 0. The fraction of sp³-hybridized carbons (Fsp3) is 0.333. The summed E-state index contributed by atoms with van der Waals surface area (Å²) in [6, 6.07) is 8.49. The van der Waals surface area contributed by atoms with Crippen molar-refractivity contribution in [3.8, 4) is 0 Å². The molecule has 1 rings (SSSR count). The number of benzene rings is 1. The van der Waals surface area contributed by atoms with E-state index < -0.39 is 0 Å². The molecular formula is C12H16S2. The van der Waals surface area contributed by atoms with E-state index in [4.69, 9.17) is 0 Å². The van der Waals surface area contributed by atoms with Crippen LogP contribution in [0, 0.1) is 0 Å². The molecule has 14 heavy (non-hydrogen) atoms. The smallest absolute Gasteiger partial charge is 0.0185 e. The van der Waals surface area contributed by atoms with Gasteiger partial charge in [-0.15, -0.1) is 0 Å². The van der Waals surface area contributed by atoms with Gasteiger partial charge in [-0.3, -0.25) is 0 Å². The van der Waals surface area contributed by atoms with E-state index in [9.17, 15) is 0 Å². The Labute approximate surface area is 96.2 Å². The van der Waals surface area contributed by atoms with Crippen LogP contribution in [-0.2, 0) is 5.75 Å². The van der Waals surface area contributed by atoms with Crippen LogP contribution in [0.3, 0.4) is 0 Å². The van der Waals surface area contributed by atoms with E-state index in [-0.39, 0.29) is 0 Å². The van der Waals surface area contributed by atoms with Crippen molar-refractivity contribution in [2.75, 3.05) is 5.75 Å². The largest absolute Gasteiger partial charge is 0.175 e. The zero-order valence-electron chi connectivity index (χ0n) is 8.44. The SMILES string of the molecule is C=Cc1cccc(CSCC(C)S)c1. The van der Waals surface area contributed by atoms with Crippen molar-refractivity contribution in [3.63, 3.8) is 0 Å². The number of hydrogen-bond acceptors (Lipinski definition) is 2. The summed E-state index contributed by atoms with van der Waals surface area (Å²) in [4.78, 5) is 0. The molecule has 1 atom stereocenters. The fourth-order valence-electron chi connectivity index (χ4n) is 1.16. The maximum Gasteiger partial charge on any atom is 0.0185 e. The Morgan fingerprint density at radius 2 is 2.36 bits per heavy atom. The van der Waals surface area contributed by atoms with Gasteiger partial charge in [-0.25, -0.2) is 0 Å². The molecule has 0 N–H and O–H groups in total. The first kappa shape index (κ1) is 11.7. The van der Waals surface area contributed by atoms with Gasteiger partial charge >= 0.3 is 0 Å². The third-order valence-electron chi connectivity index (χ3n) is 1.81. The van der Waals surface area contributed by atoms with E-state index in [2.05, 4.69) is 50.4 Å². The maximum absolute atomic E-state index is 4.35. The number of thioether (sulfide) groups is 1. The highest BCUT2D eigenvalue weighted by Crippen LogP contribution is 2.16. The van der Waals surface area contributed by atoms with E-state index in [1.54, 1.807) is 0 Å². The monoisotopic (exact) mass is 224 g/mol. The third-order valence-corrected chi connectivity index (χ3v) is 3.52. The summed E-state index contributed by atoms with van der Waals surface area (Å²) in [6.07, 6.45) is 1.88. The molecule has 0 spiro atoms. The highest BCUT2D eigenvalue weighted by atomic mass is 32.2. The van der Waals surface area contributed by atoms with Crippen LogP contribution in [0.15, 0.2) is 30.8 Å². The van der Waals surface area contributed by atoms with Crippen molar-refractivity contribution in [1.29, 1.82) is 0 Å². The minimum absolute atomic E-state index is 0.475. The highest BCUT2D eigenvalue weighted by molar-refractivity contribution is 7.99. The predicted octanol–water partition coefficient (Wildman–Crippen LogP) is 3.88. The van der Waals surface area contributed by atoms with E-state index in [1.807, 2.05) is 17.8 Å². The Hall–Kier alpha value is -0.340. The Kier molecular flexibility index (Phi) is 5.20. The van der Waals surface area contributed by atoms with Crippen LogP contribution < -0.4 is 0 Å². The molecule has 1 unspecified atom stereocenters. The molecule has 0 saturated heterocycles. The average Bonchev–Trinajstić information content (AvgIpc) is 2.18. The maximum atomic E-state index is 4.35. The lowest BCUT2D eigenvalue weighted by atomic mass is 10.1. The minimum atomic E-state index is 0.475. The van der Waals surface area contributed by atoms with Crippen molar-refractivity contribution >= 4 is 30.5 Å². The first-order chi connectivity index (χ1) is 6.72. The predicted molar refractivity (Wildman–Crippen MR) is 71.1 cm³/mol. The molecule has 2 heteroatoms. The second-order valence-electron chi connectivity index (χ2n) is 3.31. The Morgan fingerprint density at radius 1 is 1.57 bits per heavy atom. The zero-order chi connectivity index (χ0) is 10.4. The van der Waals surface area contributed by atoms with E-state index in [0.717, 1.165) is 11.5 Å². The molecule has 0 aromatic heterocycles. The van der Waals surface area contributed by atoms with Crippen LogP contribution in [0.5, 0.6) is 0 Å². The minimum Gasteiger partial charge on any atom is -0.175 e. The number of thiol groups is 1. The van der Waals surface area contributed by atoms with E-state index >= 15 is 0 Å². The topological polar surface area (TPSA) is 0 Å². The Morgan fingerprint density at radius 3 is 3.00 bits per heavy atom. The van der Waals surface area contributed by atoms with E-state index in [1.165, 1.54) is 11.1 Å². The van der Waals surface area contributed by atoms with Gasteiger partial charge in [0.1, 0.15) is 0 Å². The van der Waals surface area contributed by atoms with Crippen molar-refractivity contribution in [3.05, 3.63) is 42.0 Å². The normalized spacial score (nSPS) is 12.4. The van der Waals surface area contributed by atoms with E-state index in [0.29, 0.717) is 5.25 Å². The highest BCUT2D eigenvalue weighted by Gasteiger charge is 1.97. The molecule has 0 heterocycles. The quantitative estimate of drug-likeness (QED) is 0.741. The number of rotatable bonds is 5. The van der Waals surface area contributed by atoms with Crippen LogP contribution in [0.2, 0.25) is 0 Å². The van der Waals surface area contributed by atoms with Gasteiger partial charge in [-0.1, -0.05) is 43.8 Å². The Bertz CT molecular complexity index is 292. The van der Waals surface area contributed by atoms with Crippen molar-refractivity contribution in [1.82, 2.24) is 0 Å².